The number of nitrogens with zero attached hydrogens (tertiary/aromatic N) is 1. The van der Waals surface area contributed by atoms with Gasteiger partial charge in [-0.05, 0) is 23.6 Å². The highest BCUT2D eigenvalue weighted by Crippen LogP contribution is 2.27. The number of amides is 2. The zero-order valence-corrected chi connectivity index (χ0v) is 16.2. The summed E-state index contributed by atoms with van der Waals surface area (Å²) in [7, 11) is 0. The molecule has 148 valence electrons. The molecule has 1 aromatic heterocycles. The number of benzene rings is 1. The van der Waals surface area contributed by atoms with Crippen molar-refractivity contribution in [3.05, 3.63) is 55.7 Å². The Morgan fingerprint density at radius 2 is 2.07 bits per heavy atom. The molecule has 11 heteroatoms. The summed E-state index contributed by atoms with van der Waals surface area (Å²) in [6.07, 6.45) is -0.158. The number of carbonyl (C=O) groups excluding carboxylic acids is 3. The van der Waals surface area contributed by atoms with Crippen molar-refractivity contribution in [1.29, 1.82) is 0 Å². The van der Waals surface area contributed by atoms with E-state index in [2.05, 4.69) is 10.6 Å². The van der Waals surface area contributed by atoms with Gasteiger partial charge in [-0.3, -0.25) is 24.5 Å². The van der Waals surface area contributed by atoms with Crippen LogP contribution in [0.4, 0.5) is 11.4 Å². The third-order valence-corrected chi connectivity index (χ3v) is 4.65. The highest BCUT2D eigenvalue weighted by molar-refractivity contribution is 7.10. The number of esters is 1. The zero-order chi connectivity index (χ0) is 20.7. The molecule has 28 heavy (non-hydrogen) atoms. The average molecular weight is 426 g/mol. The van der Waals surface area contributed by atoms with E-state index >= 15 is 0 Å². The predicted octanol–water partition coefficient (Wildman–Crippen LogP) is 3.06. The molecule has 0 fully saturated rings. The second-order valence-electron chi connectivity index (χ2n) is 5.60. The van der Waals surface area contributed by atoms with E-state index in [-0.39, 0.29) is 28.7 Å². The van der Waals surface area contributed by atoms with E-state index in [0.717, 1.165) is 10.9 Å². The van der Waals surface area contributed by atoms with Crippen molar-refractivity contribution in [1.82, 2.24) is 5.32 Å². The molecule has 0 aliphatic carbocycles. The number of carbonyl (C=O) groups is 3. The summed E-state index contributed by atoms with van der Waals surface area (Å²) < 4.78 is 4.92. The van der Waals surface area contributed by atoms with E-state index in [0.29, 0.717) is 0 Å². The van der Waals surface area contributed by atoms with Crippen LogP contribution in [0.2, 0.25) is 5.02 Å². The van der Waals surface area contributed by atoms with Gasteiger partial charge in [0.15, 0.2) is 6.61 Å². The van der Waals surface area contributed by atoms with Crippen molar-refractivity contribution < 1.29 is 24.0 Å². The molecule has 1 atom stereocenters. The quantitative estimate of drug-likeness (QED) is 0.380. The first kappa shape index (κ1) is 21.3. The number of nitro benzene ring substituents is 1. The molecule has 2 amide bonds. The van der Waals surface area contributed by atoms with Crippen LogP contribution in [-0.4, -0.2) is 29.3 Å². The largest absolute Gasteiger partial charge is 0.455 e. The van der Waals surface area contributed by atoms with Gasteiger partial charge in [0.2, 0.25) is 5.91 Å². The molecule has 0 aliphatic rings. The maximum absolute atomic E-state index is 12.0. The van der Waals surface area contributed by atoms with Crippen molar-refractivity contribution in [2.24, 2.45) is 0 Å². The number of ether oxygens (including phenoxy) is 1. The summed E-state index contributed by atoms with van der Waals surface area (Å²) in [5, 5.41) is 17.9. The van der Waals surface area contributed by atoms with Gasteiger partial charge < -0.3 is 15.4 Å². The molecule has 0 saturated heterocycles. The lowest BCUT2D eigenvalue weighted by Crippen LogP contribution is -2.29. The smallest absolute Gasteiger partial charge is 0.308 e. The second-order valence-corrected chi connectivity index (χ2v) is 7.02. The van der Waals surface area contributed by atoms with Gasteiger partial charge in [0.25, 0.3) is 11.6 Å². The number of hydrogen-bond donors (Lipinski definition) is 2. The van der Waals surface area contributed by atoms with Crippen LogP contribution in [-0.2, 0) is 19.1 Å². The second kappa shape index (κ2) is 9.81. The van der Waals surface area contributed by atoms with Crippen LogP contribution in [0.3, 0.4) is 0 Å². The Bertz CT molecular complexity index is 887. The highest BCUT2D eigenvalue weighted by atomic mass is 35.5. The molecule has 2 aromatic rings. The lowest BCUT2D eigenvalue weighted by atomic mass is 10.1. The molecule has 0 saturated carbocycles. The standard InChI is InChI=1S/C17H16ClN3O6S/c1-10(22)19-13(15-3-2-6-28-15)8-17(24)27-9-16(23)20-12-5-4-11(18)7-14(12)21(25)26/h2-7,13H,8-9H2,1H3,(H,19,22)(H,20,23). The van der Waals surface area contributed by atoms with Crippen LogP contribution in [0.1, 0.15) is 24.3 Å². The van der Waals surface area contributed by atoms with Gasteiger partial charge in [-0.25, -0.2) is 0 Å². The van der Waals surface area contributed by atoms with Crippen LogP contribution in [0.25, 0.3) is 0 Å². The molecule has 1 aromatic carbocycles. The molecular weight excluding hydrogens is 410 g/mol. The Kier molecular flexibility index (Phi) is 7.47. The molecule has 2 rings (SSSR count). The summed E-state index contributed by atoms with van der Waals surface area (Å²) in [6, 6.07) is 6.75. The first-order chi connectivity index (χ1) is 13.3. The lowest BCUT2D eigenvalue weighted by Gasteiger charge is -2.15. The monoisotopic (exact) mass is 425 g/mol. The fourth-order valence-electron chi connectivity index (χ4n) is 2.28. The van der Waals surface area contributed by atoms with E-state index in [1.807, 2.05) is 5.38 Å². The van der Waals surface area contributed by atoms with Gasteiger partial charge in [-0.2, -0.15) is 0 Å². The number of thiophene rings is 1. The number of nitrogens with one attached hydrogen (secondary N) is 2. The fraction of sp³-hybridized carbons (Fsp3) is 0.235. The molecular formula is C17H16ClN3O6S. The molecule has 1 unspecified atom stereocenters. The summed E-state index contributed by atoms with van der Waals surface area (Å²) in [5.74, 6) is -1.75. The number of rotatable bonds is 8. The van der Waals surface area contributed by atoms with Crippen LogP contribution in [0, 0.1) is 10.1 Å². The minimum Gasteiger partial charge on any atom is -0.455 e. The first-order valence-corrected chi connectivity index (χ1v) is 9.22. The maximum atomic E-state index is 12.0. The zero-order valence-electron chi connectivity index (χ0n) is 14.6. The molecule has 0 radical (unpaired) electrons. The summed E-state index contributed by atoms with van der Waals surface area (Å²) >= 11 is 7.08. The molecule has 1 heterocycles. The normalized spacial score (nSPS) is 11.4. The van der Waals surface area contributed by atoms with Crippen LogP contribution in [0.5, 0.6) is 0 Å². The Balaban J connectivity index is 1.92. The van der Waals surface area contributed by atoms with E-state index in [4.69, 9.17) is 16.3 Å². The van der Waals surface area contributed by atoms with Gasteiger partial charge in [-0.15, -0.1) is 11.3 Å². The molecule has 0 spiro atoms. The van der Waals surface area contributed by atoms with E-state index < -0.39 is 29.4 Å². The Hall–Kier alpha value is -2.98. The predicted molar refractivity (Wildman–Crippen MR) is 103 cm³/mol. The topological polar surface area (TPSA) is 128 Å². The molecule has 2 N–H and O–H groups in total. The van der Waals surface area contributed by atoms with Crippen molar-refractivity contribution >= 4 is 52.1 Å². The molecule has 9 nitrogen and oxygen atoms in total. The van der Waals surface area contributed by atoms with Crippen LogP contribution >= 0.6 is 22.9 Å². The SMILES string of the molecule is CC(=O)NC(CC(=O)OCC(=O)Nc1ccc(Cl)cc1[N+](=O)[O-])c1cccs1. The van der Waals surface area contributed by atoms with Crippen molar-refractivity contribution in [2.75, 3.05) is 11.9 Å². The number of nitro groups is 1. The molecule has 0 aliphatic heterocycles. The summed E-state index contributed by atoms with van der Waals surface area (Å²) in [5.41, 5.74) is -0.444. The number of anilines is 1. The van der Waals surface area contributed by atoms with Crippen LogP contribution in [0.15, 0.2) is 35.7 Å². The minimum absolute atomic E-state index is 0.0647. The van der Waals surface area contributed by atoms with Gasteiger partial charge >= 0.3 is 5.97 Å². The number of halogens is 1. The highest BCUT2D eigenvalue weighted by Gasteiger charge is 2.21. The Labute approximate surface area is 168 Å². The third-order valence-electron chi connectivity index (χ3n) is 3.43. The van der Waals surface area contributed by atoms with E-state index in [1.165, 1.54) is 30.4 Å². The minimum atomic E-state index is -0.744. The van der Waals surface area contributed by atoms with Gasteiger partial charge in [0, 0.05) is 22.9 Å². The van der Waals surface area contributed by atoms with Crippen molar-refractivity contribution in [3.8, 4) is 0 Å². The third kappa shape index (κ3) is 6.32. The lowest BCUT2D eigenvalue weighted by molar-refractivity contribution is -0.383. The fourth-order valence-corrected chi connectivity index (χ4v) is 3.22. The molecule has 0 bridgehead atoms. The van der Waals surface area contributed by atoms with Gasteiger partial charge in [-0.1, -0.05) is 17.7 Å². The number of hydrogen-bond acceptors (Lipinski definition) is 7. The summed E-state index contributed by atoms with van der Waals surface area (Å²) in [4.78, 5) is 46.4. The van der Waals surface area contributed by atoms with Gasteiger partial charge in [0.05, 0.1) is 17.4 Å². The van der Waals surface area contributed by atoms with Crippen molar-refractivity contribution in [2.45, 2.75) is 19.4 Å². The van der Waals surface area contributed by atoms with E-state index in [1.54, 1.807) is 12.1 Å². The van der Waals surface area contributed by atoms with Crippen LogP contribution < -0.4 is 10.6 Å². The average Bonchev–Trinajstić information content (AvgIpc) is 3.15. The van der Waals surface area contributed by atoms with Crippen molar-refractivity contribution in [3.63, 3.8) is 0 Å². The first-order valence-electron chi connectivity index (χ1n) is 7.96. The Morgan fingerprint density at radius 1 is 1.32 bits per heavy atom. The summed E-state index contributed by atoms with van der Waals surface area (Å²) in [6.45, 7) is 0.703. The maximum Gasteiger partial charge on any atom is 0.308 e. The van der Waals surface area contributed by atoms with Gasteiger partial charge in [0.1, 0.15) is 5.69 Å². The Morgan fingerprint density at radius 3 is 2.68 bits per heavy atom. The van der Waals surface area contributed by atoms with E-state index in [9.17, 15) is 24.5 Å².